The number of hydrogen-bond donors (Lipinski definition) is 1. The molecule has 1 aliphatic rings. The number of fused-ring (bicyclic) bond motifs is 1. The van der Waals surface area contributed by atoms with Gasteiger partial charge in [-0.05, 0) is 42.7 Å². The molecule has 0 radical (unpaired) electrons. The number of aryl methyl sites for hydroxylation is 1. The van der Waals surface area contributed by atoms with E-state index in [0.29, 0.717) is 46.6 Å². The van der Waals surface area contributed by atoms with Crippen LogP contribution in [-0.2, 0) is 19.1 Å². The normalized spacial score (nSPS) is 15.1. The van der Waals surface area contributed by atoms with E-state index < -0.39 is 21.3 Å². The quantitative estimate of drug-likeness (QED) is 0.191. The first-order chi connectivity index (χ1) is 15.5. The maximum absolute atomic E-state index is 11.5. The first-order valence-electron chi connectivity index (χ1n) is 9.94. The zero-order chi connectivity index (χ0) is 24.2. The van der Waals surface area contributed by atoms with Crippen LogP contribution < -0.4 is 14.9 Å². The number of hydrogen-bond acceptors (Lipinski definition) is 9. The van der Waals surface area contributed by atoms with Gasteiger partial charge in [0, 0.05) is 30.5 Å². The number of ether oxygens (including phenoxy) is 2. The van der Waals surface area contributed by atoms with Gasteiger partial charge in [-0.2, -0.15) is 13.5 Å². The van der Waals surface area contributed by atoms with Crippen molar-refractivity contribution < 1.29 is 31.8 Å². The summed E-state index contributed by atoms with van der Waals surface area (Å²) in [4.78, 5) is 22.1. The fourth-order valence-corrected chi connectivity index (χ4v) is 3.64. The van der Waals surface area contributed by atoms with Crippen molar-refractivity contribution in [2.24, 2.45) is 5.10 Å². The lowest BCUT2D eigenvalue weighted by Crippen LogP contribution is -2.18. The lowest BCUT2D eigenvalue weighted by molar-refractivity contribution is -0.385. The minimum atomic E-state index is -3.50. The van der Waals surface area contributed by atoms with Crippen molar-refractivity contribution in [1.82, 2.24) is 5.43 Å². The van der Waals surface area contributed by atoms with E-state index in [0.717, 1.165) is 6.26 Å². The standard InChI is InChI=1S/C21H23N3O8S/c1-13-9-16(12-22-23-14(2)25)17(11-18(13)24(26)27)15-6-7-19-20(10-15)32-21(31-19)5-4-8-30-33(3,28)29/h6-7,9-12,21H,4-5,8H2,1-3H3,(H,23,25)/t21-/m0/s1. The SMILES string of the molecule is CC(=O)NN=Cc1cc(C)c([N+](=O)[O-])cc1-c1ccc2c(c1)O[C@@H](CCCOS(C)(=O)=O)O2. The average Bonchev–Trinajstić information content (AvgIpc) is 3.12. The summed E-state index contributed by atoms with van der Waals surface area (Å²) in [7, 11) is -3.50. The van der Waals surface area contributed by atoms with Gasteiger partial charge in [-0.15, -0.1) is 0 Å². The molecule has 0 aliphatic carbocycles. The summed E-state index contributed by atoms with van der Waals surface area (Å²) >= 11 is 0. The second-order valence-electron chi connectivity index (χ2n) is 7.40. The Hall–Kier alpha value is -3.51. The van der Waals surface area contributed by atoms with Crippen molar-refractivity contribution in [2.75, 3.05) is 12.9 Å². The van der Waals surface area contributed by atoms with E-state index in [1.54, 1.807) is 31.2 Å². The zero-order valence-electron chi connectivity index (χ0n) is 18.2. The van der Waals surface area contributed by atoms with Gasteiger partial charge in [-0.1, -0.05) is 6.07 Å². The topological polar surface area (TPSA) is 146 Å². The lowest BCUT2D eigenvalue weighted by atomic mass is 9.96. The van der Waals surface area contributed by atoms with E-state index >= 15 is 0 Å². The van der Waals surface area contributed by atoms with Gasteiger partial charge in [0.1, 0.15) is 0 Å². The first-order valence-corrected chi connectivity index (χ1v) is 11.8. The number of amides is 1. The van der Waals surface area contributed by atoms with Gasteiger partial charge in [0.25, 0.3) is 15.8 Å². The molecule has 2 aromatic carbocycles. The number of nitrogens with zero attached hydrogens (tertiary/aromatic N) is 2. The van der Waals surface area contributed by atoms with E-state index in [-0.39, 0.29) is 18.2 Å². The number of nitro benzene ring substituents is 1. The molecule has 0 saturated heterocycles. The van der Waals surface area contributed by atoms with E-state index in [1.165, 1.54) is 19.2 Å². The van der Waals surface area contributed by atoms with Gasteiger partial charge in [0.15, 0.2) is 11.5 Å². The average molecular weight is 477 g/mol. The van der Waals surface area contributed by atoms with E-state index in [2.05, 4.69) is 10.5 Å². The molecule has 0 unspecified atom stereocenters. The molecule has 0 aromatic heterocycles. The van der Waals surface area contributed by atoms with E-state index in [1.807, 2.05) is 0 Å². The minimum Gasteiger partial charge on any atom is -0.451 e. The molecule has 0 saturated carbocycles. The predicted molar refractivity (Wildman–Crippen MR) is 120 cm³/mol. The number of benzene rings is 2. The van der Waals surface area contributed by atoms with Crippen molar-refractivity contribution in [1.29, 1.82) is 0 Å². The molecule has 0 bridgehead atoms. The maximum Gasteiger partial charge on any atom is 0.272 e. The number of nitro groups is 1. The van der Waals surface area contributed by atoms with Crippen LogP contribution in [0.2, 0.25) is 0 Å². The Labute approximate surface area is 190 Å². The van der Waals surface area contributed by atoms with Gasteiger partial charge in [-0.25, -0.2) is 5.43 Å². The van der Waals surface area contributed by atoms with Crippen molar-refractivity contribution in [3.63, 3.8) is 0 Å². The van der Waals surface area contributed by atoms with Crippen LogP contribution in [0, 0.1) is 17.0 Å². The molecule has 1 N–H and O–H groups in total. The molecule has 1 aliphatic heterocycles. The van der Waals surface area contributed by atoms with Crippen LogP contribution in [0.1, 0.15) is 30.9 Å². The summed E-state index contributed by atoms with van der Waals surface area (Å²) in [5.41, 5.74) is 4.44. The second-order valence-corrected chi connectivity index (χ2v) is 9.05. The molecule has 2 aromatic rings. The van der Waals surface area contributed by atoms with Gasteiger partial charge >= 0.3 is 0 Å². The Morgan fingerprint density at radius 1 is 1.27 bits per heavy atom. The molecule has 1 amide bonds. The highest BCUT2D eigenvalue weighted by atomic mass is 32.2. The summed E-state index contributed by atoms with van der Waals surface area (Å²) < 4.78 is 38.3. The highest BCUT2D eigenvalue weighted by Gasteiger charge is 2.25. The number of nitrogens with one attached hydrogen (secondary N) is 1. The number of rotatable bonds is 9. The van der Waals surface area contributed by atoms with Crippen LogP contribution in [0.15, 0.2) is 35.4 Å². The molecule has 176 valence electrons. The molecular formula is C21H23N3O8S. The fourth-order valence-electron chi connectivity index (χ4n) is 3.22. The Kier molecular flexibility index (Phi) is 7.29. The molecule has 3 rings (SSSR count). The van der Waals surface area contributed by atoms with Crippen molar-refractivity contribution in [3.8, 4) is 22.6 Å². The van der Waals surface area contributed by atoms with E-state index in [4.69, 9.17) is 13.7 Å². The Balaban J connectivity index is 1.83. The molecule has 12 heteroatoms. The van der Waals surface area contributed by atoms with Gasteiger partial charge < -0.3 is 9.47 Å². The molecule has 1 atom stereocenters. The highest BCUT2D eigenvalue weighted by molar-refractivity contribution is 7.85. The van der Waals surface area contributed by atoms with E-state index in [9.17, 15) is 23.3 Å². The third kappa shape index (κ3) is 6.49. The van der Waals surface area contributed by atoms with Crippen molar-refractivity contribution in [3.05, 3.63) is 51.6 Å². The largest absolute Gasteiger partial charge is 0.451 e. The van der Waals surface area contributed by atoms with Crippen molar-refractivity contribution in [2.45, 2.75) is 33.0 Å². The van der Waals surface area contributed by atoms with Gasteiger partial charge in [0.05, 0.1) is 24.0 Å². The summed E-state index contributed by atoms with van der Waals surface area (Å²) in [6.07, 6.45) is 2.61. The molecule has 1 heterocycles. The van der Waals surface area contributed by atoms with Crippen LogP contribution >= 0.6 is 0 Å². The smallest absolute Gasteiger partial charge is 0.272 e. The number of carbonyl (C=O) groups excluding carboxylic acids is 1. The van der Waals surface area contributed by atoms with Gasteiger partial charge in [-0.3, -0.25) is 19.1 Å². The van der Waals surface area contributed by atoms with Crippen LogP contribution in [0.3, 0.4) is 0 Å². The zero-order valence-corrected chi connectivity index (χ0v) is 19.0. The second kappa shape index (κ2) is 9.96. The Morgan fingerprint density at radius 2 is 2.00 bits per heavy atom. The lowest BCUT2D eigenvalue weighted by Gasteiger charge is -2.10. The van der Waals surface area contributed by atoms with Crippen LogP contribution in [-0.4, -0.2) is 44.6 Å². The Bertz CT molecular complexity index is 1210. The molecule has 33 heavy (non-hydrogen) atoms. The monoisotopic (exact) mass is 477 g/mol. The summed E-state index contributed by atoms with van der Waals surface area (Å²) in [6.45, 7) is 2.96. The van der Waals surface area contributed by atoms with Crippen molar-refractivity contribution >= 4 is 27.9 Å². The Morgan fingerprint density at radius 3 is 2.67 bits per heavy atom. The van der Waals surface area contributed by atoms with Crippen LogP contribution in [0.5, 0.6) is 11.5 Å². The van der Waals surface area contributed by atoms with Gasteiger partial charge in [0.2, 0.25) is 12.2 Å². The van der Waals surface area contributed by atoms with Crippen LogP contribution in [0.4, 0.5) is 5.69 Å². The molecule has 0 spiro atoms. The highest BCUT2D eigenvalue weighted by Crippen LogP contribution is 2.40. The third-order valence-electron chi connectivity index (χ3n) is 4.64. The number of hydrazone groups is 1. The molecule has 11 nitrogen and oxygen atoms in total. The number of carbonyl (C=O) groups is 1. The predicted octanol–water partition coefficient (Wildman–Crippen LogP) is 2.89. The first kappa shape index (κ1) is 24.1. The maximum atomic E-state index is 11.5. The molecule has 0 fully saturated rings. The summed E-state index contributed by atoms with van der Waals surface area (Å²) in [5.74, 6) is 0.611. The van der Waals surface area contributed by atoms with Crippen LogP contribution in [0.25, 0.3) is 11.1 Å². The minimum absolute atomic E-state index is 0.0215. The summed E-state index contributed by atoms with van der Waals surface area (Å²) in [6, 6.07) is 8.20. The summed E-state index contributed by atoms with van der Waals surface area (Å²) in [5, 5.41) is 15.3. The molecular weight excluding hydrogens is 454 g/mol. The fraction of sp³-hybridized carbons (Fsp3) is 0.333. The third-order valence-corrected chi connectivity index (χ3v) is 5.24.